The van der Waals surface area contributed by atoms with Gasteiger partial charge in [-0.15, -0.1) is 0 Å². The summed E-state index contributed by atoms with van der Waals surface area (Å²) in [5.41, 5.74) is 2.53. The summed E-state index contributed by atoms with van der Waals surface area (Å²) in [5.74, 6) is 0.534. The van der Waals surface area contributed by atoms with Gasteiger partial charge in [-0.2, -0.15) is 5.10 Å². The molecule has 1 aromatic heterocycles. The number of carbonyl (C=O) groups excluding carboxylic acids is 1. The van der Waals surface area contributed by atoms with Gasteiger partial charge < -0.3 is 10.0 Å². The maximum Gasteiger partial charge on any atom is 0.250 e. The van der Waals surface area contributed by atoms with Crippen LogP contribution in [-0.2, 0) is 24.5 Å². The van der Waals surface area contributed by atoms with E-state index in [1.807, 2.05) is 35.0 Å². The number of aliphatic hydroxyl groups is 1. The van der Waals surface area contributed by atoms with Crippen molar-refractivity contribution in [3.63, 3.8) is 0 Å². The number of benzene rings is 1. The number of carbonyl (C=O) groups is 1. The molecule has 0 saturated heterocycles. The van der Waals surface area contributed by atoms with E-state index in [9.17, 15) is 9.90 Å². The lowest BCUT2D eigenvalue weighted by atomic mass is 9.85. The first-order valence-electron chi connectivity index (χ1n) is 8.35. The number of nitrogens with zero attached hydrogens (tertiary/aromatic N) is 3. The summed E-state index contributed by atoms with van der Waals surface area (Å²) in [5, 5.41) is 13.8. The highest BCUT2D eigenvalue weighted by Gasteiger charge is 2.21. The standard InChI is InChI=1S/C19H23N3O2/c1-2-19(24)21(17-8-4-7-16(11-17)14-23)13-18-9-10-20-22(18)12-15-5-3-6-15/h2,4,7-11,15,23H,1,3,5-6,12-14H2. The van der Waals surface area contributed by atoms with E-state index in [4.69, 9.17) is 0 Å². The Bertz CT molecular complexity index is 719. The van der Waals surface area contributed by atoms with Crippen molar-refractivity contribution < 1.29 is 9.90 Å². The Morgan fingerprint density at radius 3 is 2.92 bits per heavy atom. The fraction of sp³-hybridized carbons (Fsp3) is 0.368. The molecule has 5 nitrogen and oxygen atoms in total. The van der Waals surface area contributed by atoms with Crippen molar-refractivity contribution >= 4 is 11.6 Å². The van der Waals surface area contributed by atoms with Crippen LogP contribution in [0.15, 0.2) is 49.2 Å². The number of rotatable bonds is 7. The Balaban J connectivity index is 1.83. The summed E-state index contributed by atoms with van der Waals surface area (Å²) in [6.07, 6.45) is 6.92. The topological polar surface area (TPSA) is 58.4 Å². The van der Waals surface area contributed by atoms with Crippen molar-refractivity contribution in [2.75, 3.05) is 4.90 Å². The van der Waals surface area contributed by atoms with Crippen LogP contribution in [0.3, 0.4) is 0 Å². The van der Waals surface area contributed by atoms with Gasteiger partial charge in [-0.05, 0) is 48.6 Å². The van der Waals surface area contributed by atoms with E-state index >= 15 is 0 Å². The summed E-state index contributed by atoms with van der Waals surface area (Å²) in [4.78, 5) is 14.0. The molecule has 2 aromatic rings. The van der Waals surface area contributed by atoms with Gasteiger partial charge in [0.05, 0.1) is 18.8 Å². The lowest BCUT2D eigenvalue weighted by Gasteiger charge is -2.27. The average Bonchev–Trinajstić information content (AvgIpc) is 3.02. The quantitative estimate of drug-likeness (QED) is 0.796. The summed E-state index contributed by atoms with van der Waals surface area (Å²) in [7, 11) is 0. The number of hydrogen-bond acceptors (Lipinski definition) is 3. The normalized spacial score (nSPS) is 14.2. The molecule has 1 aliphatic carbocycles. The lowest BCUT2D eigenvalue weighted by Crippen LogP contribution is -2.30. The van der Waals surface area contributed by atoms with Crippen LogP contribution in [0.1, 0.15) is 30.5 Å². The third kappa shape index (κ3) is 3.57. The third-order valence-electron chi connectivity index (χ3n) is 4.63. The number of aliphatic hydroxyl groups excluding tert-OH is 1. The van der Waals surface area contributed by atoms with Crippen molar-refractivity contribution in [3.8, 4) is 0 Å². The van der Waals surface area contributed by atoms with Gasteiger partial charge >= 0.3 is 0 Å². The van der Waals surface area contributed by atoms with Crippen molar-refractivity contribution in [2.45, 2.75) is 39.0 Å². The molecule has 1 amide bonds. The Kier molecular flexibility index (Phi) is 5.11. The van der Waals surface area contributed by atoms with E-state index < -0.39 is 0 Å². The molecule has 0 spiro atoms. The van der Waals surface area contributed by atoms with Crippen molar-refractivity contribution in [1.82, 2.24) is 9.78 Å². The first kappa shape index (κ1) is 16.5. The zero-order valence-electron chi connectivity index (χ0n) is 13.8. The highest BCUT2D eigenvalue weighted by Crippen LogP contribution is 2.28. The van der Waals surface area contributed by atoms with Crippen molar-refractivity contribution in [2.24, 2.45) is 5.92 Å². The number of hydrogen-bond donors (Lipinski definition) is 1. The van der Waals surface area contributed by atoms with Crippen LogP contribution in [0, 0.1) is 5.92 Å². The van der Waals surface area contributed by atoms with Gasteiger partial charge in [-0.25, -0.2) is 0 Å². The molecule has 0 atom stereocenters. The summed E-state index contributed by atoms with van der Waals surface area (Å²) in [6.45, 7) is 4.91. The third-order valence-corrected chi connectivity index (χ3v) is 4.63. The minimum Gasteiger partial charge on any atom is -0.392 e. The van der Waals surface area contributed by atoms with Gasteiger partial charge in [0.1, 0.15) is 0 Å². The Morgan fingerprint density at radius 2 is 2.25 bits per heavy atom. The maximum absolute atomic E-state index is 12.4. The second kappa shape index (κ2) is 7.45. The van der Waals surface area contributed by atoms with E-state index in [2.05, 4.69) is 11.7 Å². The molecular formula is C19H23N3O2. The van der Waals surface area contributed by atoms with E-state index in [0.29, 0.717) is 12.5 Å². The minimum absolute atomic E-state index is 0.0520. The minimum atomic E-state index is -0.165. The molecule has 0 unspecified atom stereocenters. The summed E-state index contributed by atoms with van der Waals surface area (Å²) >= 11 is 0. The monoisotopic (exact) mass is 325 g/mol. The molecule has 126 valence electrons. The highest BCUT2D eigenvalue weighted by molar-refractivity contribution is 6.00. The Morgan fingerprint density at radius 1 is 1.42 bits per heavy atom. The molecule has 1 saturated carbocycles. The molecule has 1 fully saturated rings. The van der Waals surface area contributed by atoms with Crippen LogP contribution >= 0.6 is 0 Å². The Labute approximate surface area is 142 Å². The molecule has 1 aliphatic rings. The fourth-order valence-corrected chi connectivity index (χ4v) is 2.97. The molecule has 24 heavy (non-hydrogen) atoms. The van der Waals surface area contributed by atoms with E-state index in [1.165, 1.54) is 25.3 Å². The molecule has 0 aliphatic heterocycles. The number of anilines is 1. The zero-order chi connectivity index (χ0) is 16.9. The molecule has 5 heteroatoms. The Hall–Kier alpha value is -2.40. The predicted molar refractivity (Wildman–Crippen MR) is 93.3 cm³/mol. The zero-order valence-corrected chi connectivity index (χ0v) is 13.8. The van der Waals surface area contributed by atoms with Crippen molar-refractivity contribution in [1.29, 1.82) is 0 Å². The second-order valence-corrected chi connectivity index (χ2v) is 6.26. The van der Waals surface area contributed by atoms with Gasteiger partial charge in [0, 0.05) is 18.4 Å². The SMILES string of the molecule is C=CC(=O)N(Cc1ccnn1CC1CCC1)c1cccc(CO)c1. The molecule has 3 rings (SSSR count). The fourth-order valence-electron chi connectivity index (χ4n) is 2.97. The van der Waals surface area contributed by atoms with Crippen LogP contribution in [0.5, 0.6) is 0 Å². The van der Waals surface area contributed by atoms with Crippen LogP contribution < -0.4 is 4.90 Å². The van der Waals surface area contributed by atoms with Gasteiger partial charge in [0.25, 0.3) is 5.91 Å². The largest absolute Gasteiger partial charge is 0.392 e. The number of amides is 1. The molecule has 1 aromatic carbocycles. The van der Waals surface area contributed by atoms with Gasteiger partial charge in [0.15, 0.2) is 0 Å². The molecular weight excluding hydrogens is 302 g/mol. The van der Waals surface area contributed by atoms with Gasteiger partial charge in [-0.3, -0.25) is 9.48 Å². The van der Waals surface area contributed by atoms with E-state index in [1.54, 1.807) is 11.1 Å². The van der Waals surface area contributed by atoms with Crippen LogP contribution in [0.2, 0.25) is 0 Å². The van der Waals surface area contributed by atoms with Crippen LogP contribution in [0.4, 0.5) is 5.69 Å². The van der Waals surface area contributed by atoms with E-state index in [-0.39, 0.29) is 12.5 Å². The van der Waals surface area contributed by atoms with Crippen molar-refractivity contribution in [3.05, 3.63) is 60.4 Å². The molecule has 0 radical (unpaired) electrons. The predicted octanol–water partition coefficient (Wildman–Crippen LogP) is 2.89. The summed E-state index contributed by atoms with van der Waals surface area (Å²) in [6, 6.07) is 9.33. The van der Waals surface area contributed by atoms with Crippen LogP contribution in [0.25, 0.3) is 0 Å². The molecule has 0 bridgehead atoms. The molecule has 1 N–H and O–H groups in total. The maximum atomic E-state index is 12.4. The van der Waals surface area contributed by atoms with E-state index in [0.717, 1.165) is 23.5 Å². The van der Waals surface area contributed by atoms with Crippen LogP contribution in [-0.4, -0.2) is 20.8 Å². The summed E-state index contributed by atoms with van der Waals surface area (Å²) < 4.78 is 2.00. The second-order valence-electron chi connectivity index (χ2n) is 6.26. The number of aromatic nitrogens is 2. The first-order valence-corrected chi connectivity index (χ1v) is 8.35. The lowest BCUT2D eigenvalue weighted by molar-refractivity contribution is -0.114. The van der Waals surface area contributed by atoms with Gasteiger partial charge in [-0.1, -0.05) is 25.1 Å². The smallest absolute Gasteiger partial charge is 0.250 e. The highest BCUT2D eigenvalue weighted by atomic mass is 16.3. The average molecular weight is 325 g/mol. The molecule has 1 heterocycles. The first-order chi connectivity index (χ1) is 11.7. The van der Waals surface area contributed by atoms with Gasteiger partial charge in [0.2, 0.25) is 0 Å².